The number of thiazole rings is 1. The zero-order valence-electron chi connectivity index (χ0n) is 23.1. The smallest absolute Gasteiger partial charge is 0.244 e. The van der Waals surface area contributed by atoms with E-state index in [1.807, 2.05) is 0 Å². The number of amides is 5. The predicted molar refractivity (Wildman–Crippen MR) is 151 cm³/mol. The Labute approximate surface area is 240 Å². The quantitative estimate of drug-likeness (QED) is 0.131. The predicted octanol–water partition coefficient (Wildman–Crippen LogP) is -0.577. The maximum Gasteiger partial charge on any atom is 0.244 e. The van der Waals surface area contributed by atoms with E-state index >= 15 is 0 Å². The Hall–Kier alpha value is -4.53. The summed E-state index contributed by atoms with van der Waals surface area (Å²) in [6.45, 7) is 5.73. The molecule has 15 heteroatoms. The Bertz CT molecular complexity index is 1280. The zero-order chi connectivity index (χ0) is 30.9. The van der Waals surface area contributed by atoms with Gasteiger partial charge in [-0.2, -0.15) is 0 Å². The van der Waals surface area contributed by atoms with Crippen LogP contribution in [-0.2, 0) is 30.4 Å². The molecule has 222 valence electrons. The number of phenols is 1. The molecule has 0 aliphatic carbocycles. The van der Waals surface area contributed by atoms with Gasteiger partial charge in [-0.25, -0.2) is 4.98 Å². The first-order valence-electron chi connectivity index (χ1n) is 12.6. The van der Waals surface area contributed by atoms with Gasteiger partial charge in [-0.3, -0.25) is 28.8 Å². The number of anilines is 1. The van der Waals surface area contributed by atoms with Gasteiger partial charge in [0.15, 0.2) is 11.4 Å². The highest BCUT2D eigenvalue weighted by molar-refractivity contribution is 7.17. The molecule has 5 amide bonds. The summed E-state index contributed by atoms with van der Waals surface area (Å²) in [5, 5.41) is 19.9. The van der Waals surface area contributed by atoms with E-state index in [0.717, 1.165) is 11.3 Å². The lowest BCUT2D eigenvalue weighted by molar-refractivity contribution is -0.136. The summed E-state index contributed by atoms with van der Waals surface area (Å²) >= 11 is 0.988. The summed E-state index contributed by atoms with van der Waals surface area (Å²) in [6, 6.07) is 3.84. The number of nitrogens with zero attached hydrogens (tertiary/aromatic N) is 1. The molecule has 2 aromatic rings. The van der Waals surface area contributed by atoms with E-state index in [4.69, 9.17) is 11.5 Å². The van der Waals surface area contributed by atoms with Gasteiger partial charge in [-0.05, 0) is 30.5 Å². The van der Waals surface area contributed by atoms with Gasteiger partial charge in [-0.1, -0.05) is 44.2 Å². The van der Waals surface area contributed by atoms with Crippen molar-refractivity contribution in [2.75, 3.05) is 11.9 Å². The van der Waals surface area contributed by atoms with Crippen molar-refractivity contribution in [2.45, 2.75) is 51.7 Å². The molecule has 0 radical (unpaired) electrons. The number of nitrogens with two attached hydrogens (primary N) is 2. The molecule has 4 atom stereocenters. The molecule has 0 aliphatic rings. The number of phenolic OH excluding ortho intramolecular Hbond substituents is 1. The maximum absolute atomic E-state index is 13.2. The minimum atomic E-state index is -1.61. The first-order valence-corrected chi connectivity index (χ1v) is 13.5. The van der Waals surface area contributed by atoms with Crippen LogP contribution < -0.4 is 32.7 Å². The molecule has 1 aromatic heterocycles. The van der Waals surface area contributed by atoms with Crippen LogP contribution in [0.15, 0.2) is 30.5 Å². The Morgan fingerprint density at radius 3 is 2.17 bits per heavy atom. The van der Waals surface area contributed by atoms with Gasteiger partial charge in [0, 0.05) is 6.42 Å². The highest BCUT2D eigenvalue weighted by Crippen LogP contribution is 2.32. The lowest BCUT2D eigenvalue weighted by Gasteiger charge is -2.39. The second kappa shape index (κ2) is 14.2. The maximum atomic E-state index is 13.2. The molecule has 0 saturated heterocycles. The fraction of sp³-hybridized carbons (Fsp3) is 0.423. The standard InChI is InChI=1S/C26H35N7O7S/c1-13(2)26(24(28)40,33-25-30-10-18(12-34)41-25)14(3)22(38)31-15(4)23(39)29-11-20(36)32-19(21(27)37)9-16-5-7-17(35)8-6-16/h5-8,10,12-15,19,35H,9,11H2,1-4H3,(H2,27,37)(H2,28,40)(H,29,39)(H,30,33)(H,31,38)(H,32,36)/t14-,15+,19+,26?/m1/s1. The average molecular weight is 590 g/mol. The number of carbonyl (C=O) groups excluding carboxylic acids is 6. The van der Waals surface area contributed by atoms with Gasteiger partial charge < -0.3 is 37.8 Å². The number of aldehydes is 1. The van der Waals surface area contributed by atoms with Crippen LogP contribution in [0.2, 0.25) is 0 Å². The lowest BCUT2D eigenvalue weighted by atomic mass is 9.74. The molecule has 0 aliphatic heterocycles. The van der Waals surface area contributed by atoms with Crippen LogP contribution in [0.5, 0.6) is 5.75 Å². The number of hydrogen-bond donors (Lipinski definition) is 7. The Kier molecular flexibility index (Phi) is 11.3. The topological polar surface area (TPSA) is 236 Å². The van der Waals surface area contributed by atoms with E-state index in [1.54, 1.807) is 26.0 Å². The number of benzene rings is 1. The summed E-state index contributed by atoms with van der Waals surface area (Å²) in [5.41, 5.74) is 10.2. The van der Waals surface area contributed by atoms with Gasteiger partial charge in [0.1, 0.15) is 23.4 Å². The Balaban J connectivity index is 2.01. The largest absolute Gasteiger partial charge is 0.508 e. The molecular weight excluding hydrogens is 554 g/mol. The SMILES string of the molecule is CC(C)C(Nc1ncc(C=O)s1)(C(N)=O)[C@H](C)C(=O)N[C@@H](C)C(=O)NCC(=O)N[C@@H](Cc1ccc(O)cc1)C(N)=O. The lowest BCUT2D eigenvalue weighted by Crippen LogP contribution is -2.63. The van der Waals surface area contributed by atoms with E-state index in [9.17, 15) is 33.9 Å². The van der Waals surface area contributed by atoms with Crippen molar-refractivity contribution >= 4 is 52.3 Å². The van der Waals surface area contributed by atoms with E-state index in [2.05, 4.69) is 26.3 Å². The van der Waals surface area contributed by atoms with E-state index in [1.165, 1.54) is 32.2 Å². The molecule has 0 spiro atoms. The second-order valence-electron chi connectivity index (χ2n) is 9.76. The molecule has 1 aromatic carbocycles. The monoisotopic (exact) mass is 589 g/mol. The number of nitrogens with one attached hydrogen (secondary N) is 4. The van der Waals surface area contributed by atoms with Gasteiger partial charge in [0.25, 0.3) is 0 Å². The van der Waals surface area contributed by atoms with Crippen molar-refractivity contribution in [3.05, 3.63) is 40.9 Å². The number of aromatic nitrogens is 1. The molecule has 1 heterocycles. The summed E-state index contributed by atoms with van der Waals surface area (Å²) < 4.78 is 0. The summed E-state index contributed by atoms with van der Waals surface area (Å²) in [6.07, 6.45) is 1.99. The van der Waals surface area contributed by atoms with Crippen LogP contribution in [0.3, 0.4) is 0 Å². The van der Waals surface area contributed by atoms with Crippen molar-refractivity contribution in [3.63, 3.8) is 0 Å². The van der Waals surface area contributed by atoms with Crippen molar-refractivity contribution in [2.24, 2.45) is 23.3 Å². The number of hydrogen-bond acceptors (Lipinski definition) is 10. The van der Waals surface area contributed by atoms with Crippen LogP contribution in [0.1, 0.15) is 42.9 Å². The van der Waals surface area contributed by atoms with Gasteiger partial charge in [0.05, 0.1) is 23.5 Å². The third-order valence-electron chi connectivity index (χ3n) is 6.58. The first kappa shape index (κ1) is 32.7. The summed E-state index contributed by atoms with van der Waals surface area (Å²) in [4.78, 5) is 78.1. The van der Waals surface area contributed by atoms with E-state index < -0.39 is 65.5 Å². The Morgan fingerprint density at radius 1 is 1.02 bits per heavy atom. The van der Waals surface area contributed by atoms with Gasteiger partial charge >= 0.3 is 0 Å². The highest BCUT2D eigenvalue weighted by Gasteiger charge is 2.49. The molecule has 9 N–H and O–H groups in total. The van der Waals surface area contributed by atoms with E-state index in [0.29, 0.717) is 16.7 Å². The van der Waals surface area contributed by atoms with Crippen molar-refractivity contribution in [1.29, 1.82) is 0 Å². The minimum absolute atomic E-state index is 0.0419. The molecule has 0 saturated carbocycles. The molecule has 0 fully saturated rings. The number of primary amides is 2. The zero-order valence-corrected chi connectivity index (χ0v) is 23.9. The van der Waals surface area contributed by atoms with Crippen molar-refractivity contribution < 1.29 is 33.9 Å². The average Bonchev–Trinajstić information content (AvgIpc) is 3.37. The minimum Gasteiger partial charge on any atom is -0.508 e. The van der Waals surface area contributed by atoms with Crippen LogP contribution in [0.4, 0.5) is 5.13 Å². The van der Waals surface area contributed by atoms with Gasteiger partial charge in [-0.15, -0.1) is 0 Å². The summed E-state index contributed by atoms with van der Waals surface area (Å²) in [5.74, 6) is -5.23. The van der Waals surface area contributed by atoms with E-state index in [-0.39, 0.29) is 17.3 Å². The van der Waals surface area contributed by atoms with Crippen molar-refractivity contribution in [3.8, 4) is 5.75 Å². The van der Waals surface area contributed by atoms with Crippen LogP contribution >= 0.6 is 11.3 Å². The number of aromatic hydroxyl groups is 1. The van der Waals surface area contributed by atoms with Crippen LogP contribution in [0, 0.1) is 11.8 Å². The number of carbonyl (C=O) groups is 6. The molecule has 0 bridgehead atoms. The first-order chi connectivity index (χ1) is 19.2. The molecule has 41 heavy (non-hydrogen) atoms. The van der Waals surface area contributed by atoms with Crippen LogP contribution in [0.25, 0.3) is 0 Å². The summed E-state index contributed by atoms with van der Waals surface area (Å²) in [7, 11) is 0. The molecular formula is C26H35N7O7S. The van der Waals surface area contributed by atoms with Crippen molar-refractivity contribution in [1.82, 2.24) is 20.9 Å². The van der Waals surface area contributed by atoms with Crippen LogP contribution in [-0.4, -0.2) is 70.1 Å². The number of rotatable bonds is 15. The fourth-order valence-corrected chi connectivity index (χ4v) is 4.86. The molecule has 2 rings (SSSR count). The van der Waals surface area contributed by atoms with Gasteiger partial charge in [0.2, 0.25) is 29.5 Å². The normalized spacial score (nSPS) is 14.6. The molecule has 1 unspecified atom stereocenters. The fourth-order valence-electron chi connectivity index (χ4n) is 4.15. The highest BCUT2D eigenvalue weighted by atomic mass is 32.1. The second-order valence-corrected chi connectivity index (χ2v) is 10.8. The Morgan fingerprint density at radius 2 is 1.66 bits per heavy atom. The third kappa shape index (κ3) is 8.48. The molecule has 14 nitrogen and oxygen atoms in total. The third-order valence-corrected chi connectivity index (χ3v) is 7.42.